The van der Waals surface area contributed by atoms with Crippen LogP contribution in [0.5, 0.6) is 28.7 Å². The van der Waals surface area contributed by atoms with Gasteiger partial charge in [0, 0.05) is 49.6 Å². The summed E-state index contributed by atoms with van der Waals surface area (Å²) in [5, 5.41) is 15.9. The molecule has 3 heterocycles. The number of aliphatic hydroxyl groups is 1. The molecular formula is C38H48N4O9. The largest absolute Gasteiger partial charge is 0.490 e. The number of hydrogen-bond donors (Lipinski definition) is 3. The van der Waals surface area contributed by atoms with Crippen LogP contribution in [-0.4, -0.2) is 92.0 Å². The Morgan fingerprint density at radius 3 is 2.27 bits per heavy atom. The number of amides is 3. The molecule has 274 valence electrons. The minimum atomic E-state index is -0.490. The molecule has 3 aliphatic heterocycles. The first-order chi connectivity index (χ1) is 24.7. The lowest BCUT2D eigenvalue weighted by molar-refractivity contribution is -0.0177. The third-order valence-electron chi connectivity index (χ3n) is 9.32. The number of fused-ring (bicyclic) bond motifs is 3. The molecule has 51 heavy (non-hydrogen) atoms. The molecule has 13 heteroatoms. The van der Waals surface area contributed by atoms with Crippen molar-refractivity contribution in [2.75, 3.05) is 57.6 Å². The van der Waals surface area contributed by atoms with E-state index < -0.39 is 12.1 Å². The van der Waals surface area contributed by atoms with E-state index in [1.54, 1.807) is 41.3 Å². The second-order valence-corrected chi connectivity index (χ2v) is 13.5. The topological polar surface area (TPSA) is 140 Å². The van der Waals surface area contributed by atoms with Gasteiger partial charge in [-0.1, -0.05) is 13.0 Å². The number of benzene rings is 3. The molecule has 3 amide bonds. The van der Waals surface area contributed by atoms with Crippen LogP contribution in [-0.2, 0) is 11.3 Å². The number of carbonyl (C=O) groups is 2. The number of rotatable bonds is 8. The van der Waals surface area contributed by atoms with Crippen molar-refractivity contribution in [3.05, 3.63) is 65.7 Å². The molecule has 0 saturated carbocycles. The smallest absolute Gasteiger partial charge is 0.323 e. The van der Waals surface area contributed by atoms with Crippen LogP contribution in [0.3, 0.4) is 0 Å². The fourth-order valence-electron chi connectivity index (χ4n) is 6.45. The van der Waals surface area contributed by atoms with E-state index in [0.717, 1.165) is 36.3 Å². The summed E-state index contributed by atoms with van der Waals surface area (Å²) in [5.74, 6) is 2.69. The van der Waals surface area contributed by atoms with E-state index >= 15 is 0 Å². The zero-order chi connectivity index (χ0) is 35.9. The quantitative estimate of drug-likeness (QED) is 0.267. The van der Waals surface area contributed by atoms with E-state index in [0.29, 0.717) is 60.4 Å². The minimum Gasteiger partial charge on any atom is -0.490 e. The van der Waals surface area contributed by atoms with Crippen LogP contribution < -0.4 is 34.3 Å². The standard InChI is InChI=1S/C38H48N4O9/c1-24-18-42(25(2)21-43)37(44)30-16-28(39-38(45)40-29-10-13-33-35(17-29)50-23-48-33)9-12-31(30)51-26(3)7-5-6-14-46-36(24)20-41(4)19-27-8-11-32-34(15-27)49-22-47-32/h8-13,15-17,24-26,36,43H,5-7,14,18-23H2,1-4H3,(H2,39,40,45)/t24-,25-,26+,36-/m0/s1. The summed E-state index contributed by atoms with van der Waals surface area (Å²) in [5.41, 5.74) is 2.33. The van der Waals surface area contributed by atoms with Gasteiger partial charge in [0.15, 0.2) is 23.0 Å². The predicted octanol–water partition coefficient (Wildman–Crippen LogP) is 5.72. The Bertz CT molecular complexity index is 1690. The van der Waals surface area contributed by atoms with Gasteiger partial charge in [-0.3, -0.25) is 9.69 Å². The summed E-state index contributed by atoms with van der Waals surface area (Å²) < 4.78 is 34.7. The molecule has 0 spiro atoms. The molecule has 0 fully saturated rings. The fourth-order valence-corrected chi connectivity index (χ4v) is 6.45. The Morgan fingerprint density at radius 1 is 0.902 bits per heavy atom. The summed E-state index contributed by atoms with van der Waals surface area (Å²) in [6, 6.07) is 15.2. The number of ether oxygens (including phenoxy) is 6. The van der Waals surface area contributed by atoms with E-state index in [2.05, 4.69) is 29.5 Å². The van der Waals surface area contributed by atoms with Gasteiger partial charge in [-0.2, -0.15) is 0 Å². The SMILES string of the molecule is C[C@@H]1CCCCO[C@@H](CN(C)Cc2ccc3c(c2)OCO3)[C@@H](C)CN([C@@H](C)CO)C(=O)c2cc(NC(=O)Nc3ccc4c(c3)OCO4)ccc2O1. The first-order valence-corrected chi connectivity index (χ1v) is 17.6. The number of nitrogens with one attached hydrogen (secondary N) is 2. The first-order valence-electron chi connectivity index (χ1n) is 17.6. The molecule has 0 saturated heterocycles. The molecule has 0 aromatic heterocycles. The Labute approximate surface area is 298 Å². The highest BCUT2D eigenvalue weighted by Crippen LogP contribution is 2.35. The summed E-state index contributed by atoms with van der Waals surface area (Å²) in [4.78, 5) is 31.4. The van der Waals surface area contributed by atoms with Gasteiger partial charge >= 0.3 is 6.03 Å². The normalized spacial score (nSPS) is 21.0. The molecule has 0 bridgehead atoms. The van der Waals surface area contributed by atoms with Crippen LogP contribution in [0.15, 0.2) is 54.6 Å². The molecule has 4 atom stereocenters. The number of urea groups is 1. The van der Waals surface area contributed by atoms with Crippen molar-refractivity contribution in [2.45, 2.75) is 64.8 Å². The Hall–Kier alpha value is -4.72. The van der Waals surface area contributed by atoms with Crippen LogP contribution in [0.4, 0.5) is 16.2 Å². The summed E-state index contributed by atoms with van der Waals surface area (Å²) in [6.07, 6.45) is 2.18. The van der Waals surface area contributed by atoms with Crippen LogP contribution in [0.2, 0.25) is 0 Å². The zero-order valence-electron chi connectivity index (χ0n) is 29.7. The molecule has 0 unspecified atom stereocenters. The highest BCUT2D eigenvalue weighted by molar-refractivity contribution is 6.02. The lowest BCUT2D eigenvalue weighted by atomic mass is 10.0. The number of nitrogens with zero attached hydrogens (tertiary/aromatic N) is 2. The molecule has 3 aromatic carbocycles. The molecule has 13 nitrogen and oxygen atoms in total. The van der Waals surface area contributed by atoms with Gasteiger partial charge in [-0.15, -0.1) is 0 Å². The van der Waals surface area contributed by atoms with Gasteiger partial charge in [0.05, 0.1) is 30.4 Å². The maximum absolute atomic E-state index is 14.5. The first kappa shape index (κ1) is 36.1. The number of carbonyl (C=O) groups excluding carboxylic acids is 2. The average Bonchev–Trinajstić information content (AvgIpc) is 3.78. The van der Waals surface area contributed by atoms with Crippen molar-refractivity contribution < 1.29 is 43.1 Å². The predicted molar refractivity (Wildman–Crippen MR) is 191 cm³/mol. The van der Waals surface area contributed by atoms with Gasteiger partial charge in [0.2, 0.25) is 13.6 Å². The third kappa shape index (κ3) is 9.15. The van der Waals surface area contributed by atoms with Crippen LogP contribution >= 0.6 is 0 Å². The lowest BCUT2D eigenvalue weighted by Crippen LogP contribution is -2.47. The van der Waals surface area contributed by atoms with Gasteiger partial charge in [0.1, 0.15) is 5.75 Å². The van der Waals surface area contributed by atoms with Gasteiger partial charge in [-0.05, 0) is 88.2 Å². The monoisotopic (exact) mass is 704 g/mol. The molecule has 0 aliphatic carbocycles. The van der Waals surface area contributed by atoms with Crippen molar-refractivity contribution in [1.82, 2.24) is 9.80 Å². The number of likely N-dealkylation sites (N-methyl/N-ethyl adjacent to an activating group) is 1. The second-order valence-electron chi connectivity index (χ2n) is 13.5. The fraction of sp³-hybridized carbons (Fsp3) is 0.474. The molecular weight excluding hydrogens is 656 g/mol. The molecule has 6 rings (SSSR count). The van der Waals surface area contributed by atoms with E-state index in [9.17, 15) is 14.7 Å². The van der Waals surface area contributed by atoms with E-state index in [4.69, 9.17) is 28.4 Å². The molecule has 3 aromatic rings. The minimum absolute atomic E-state index is 0.0813. The molecule has 0 radical (unpaired) electrons. The van der Waals surface area contributed by atoms with Crippen molar-refractivity contribution in [2.24, 2.45) is 5.92 Å². The van der Waals surface area contributed by atoms with Crippen molar-refractivity contribution in [3.8, 4) is 28.7 Å². The van der Waals surface area contributed by atoms with Crippen molar-refractivity contribution in [3.63, 3.8) is 0 Å². The van der Waals surface area contributed by atoms with Crippen molar-refractivity contribution in [1.29, 1.82) is 0 Å². The average molecular weight is 705 g/mol. The summed E-state index contributed by atoms with van der Waals surface area (Å²) >= 11 is 0. The van der Waals surface area contributed by atoms with Crippen molar-refractivity contribution >= 4 is 23.3 Å². The summed E-state index contributed by atoms with van der Waals surface area (Å²) in [7, 11) is 2.05. The molecule has 3 aliphatic rings. The Balaban J connectivity index is 1.20. The van der Waals surface area contributed by atoms with E-state index in [-0.39, 0.29) is 44.2 Å². The maximum Gasteiger partial charge on any atom is 0.323 e. The zero-order valence-corrected chi connectivity index (χ0v) is 29.7. The van der Waals surface area contributed by atoms with Crippen LogP contribution in [0, 0.1) is 5.92 Å². The van der Waals surface area contributed by atoms with Crippen LogP contribution in [0.25, 0.3) is 0 Å². The van der Waals surface area contributed by atoms with E-state index in [1.807, 2.05) is 32.0 Å². The highest BCUT2D eigenvalue weighted by atomic mass is 16.7. The number of anilines is 2. The van der Waals surface area contributed by atoms with Gasteiger partial charge in [0.25, 0.3) is 5.91 Å². The third-order valence-corrected chi connectivity index (χ3v) is 9.32. The Kier molecular flexibility index (Phi) is 11.7. The number of aliphatic hydroxyl groups excluding tert-OH is 1. The maximum atomic E-state index is 14.5. The van der Waals surface area contributed by atoms with Crippen LogP contribution in [0.1, 0.15) is 56.0 Å². The lowest BCUT2D eigenvalue weighted by Gasteiger charge is -2.36. The Morgan fingerprint density at radius 2 is 1.55 bits per heavy atom. The highest BCUT2D eigenvalue weighted by Gasteiger charge is 2.31. The van der Waals surface area contributed by atoms with E-state index in [1.165, 1.54) is 0 Å². The summed E-state index contributed by atoms with van der Waals surface area (Å²) in [6.45, 7) is 8.25. The molecule has 3 N–H and O–H groups in total. The number of hydrogen-bond acceptors (Lipinski definition) is 10. The van der Waals surface area contributed by atoms with Gasteiger partial charge < -0.3 is 49.1 Å². The second kappa shape index (κ2) is 16.5. The van der Waals surface area contributed by atoms with Gasteiger partial charge in [-0.25, -0.2) is 4.79 Å².